The van der Waals surface area contributed by atoms with E-state index in [0.717, 1.165) is 69.1 Å². The number of halogens is 2. The fraction of sp³-hybridized carbons (Fsp3) is 0.357. The molecule has 0 radical (unpaired) electrons. The van der Waals surface area contributed by atoms with Gasteiger partial charge in [-0.25, -0.2) is 23.7 Å². The van der Waals surface area contributed by atoms with E-state index in [2.05, 4.69) is 30.5 Å². The molecule has 2 aliphatic rings. The van der Waals surface area contributed by atoms with Crippen LogP contribution in [0.25, 0.3) is 22.2 Å². The van der Waals surface area contributed by atoms with Gasteiger partial charge in [0.1, 0.15) is 17.3 Å². The number of hydrogen-bond acceptors (Lipinski definition) is 7. The van der Waals surface area contributed by atoms with E-state index in [1.54, 1.807) is 12.3 Å². The minimum atomic E-state index is -0.700. The fourth-order valence-electron chi connectivity index (χ4n) is 5.53. The number of aryl methyl sites for hydroxylation is 1. The highest BCUT2D eigenvalue weighted by Gasteiger charge is 2.31. The lowest BCUT2D eigenvalue weighted by Gasteiger charge is -2.25. The van der Waals surface area contributed by atoms with Crippen LogP contribution in [0, 0.1) is 11.6 Å². The Morgan fingerprint density at radius 3 is 2.71 bits per heavy atom. The van der Waals surface area contributed by atoms with E-state index in [0.29, 0.717) is 11.3 Å². The van der Waals surface area contributed by atoms with E-state index in [1.807, 2.05) is 30.5 Å². The van der Waals surface area contributed by atoms with Crippen molar-refractivity contribution in [2.75, 3.05) is 36.4 Å². The summed E-state index contributed by atoms with van der Waals surface area (Å²) < 4.78 is 32.2. The lowest BCUT2D eigenvalue weighted by molar-refractivity contribution is 0.386. The van der Waals surface area contributed by atoms with Gasteiger partial charge in [0.2, 0.25) is 5.95 Å². The molecule has 1 saturated heterocycles. The van der Waals surface area contributed by atoms with Gasteiger partial charge in [0.05, 0.1) is 29.0 Å². The molecule has 0 spiro atoms. The molecule has 3 aromatic heterocycles. The molecule has 196 valence electrons. The zero-order valence-electron chi connectivity index (χ0n) is 21.4. The molecule has 0 saturated carbocycles. The number of anilines is 3. The van der Waals surface area contributed by atoms with Crippen LogP contribution in [0.1, 0.15) is 32.4 Å². The standard InChI is InChI=1S/C28H29F2N7O/c1-28(2)7-6-18-14-23(38)25-20(29)12-17(13-22(25)37(18)28)26-21(30)16-33-27(35-26)34-24-5-4-19(15-32-24)36-10-3-8-31-9-11-36/h4-5,12-16,31H,3,6-11H2,1-2H3,(H,32,33,34,35). The second-order valence-electron chi connectivity index (χ2n) is 10.5. The third kappa shape index (κ3) is 4.38. The highest BCUT2D eigenvalue weighted by Crippen LogP contribution is 2.36. The maximum atomic E-state index is 15.3. The molecule has 8 nitrogen and oxygen atoms in total. The van der Waals surface area contributed by atoms with Crippen LogP contribution in [0.5, 0.6) is 0 Å². The molecule has 1 aromatic carbocycles. The van der Waals surface area contributed by atoms with Gasteiger partial charge in [-0.3, -0.25) is 4.79 Å². The van der Waals surface area contributed by atoms with Gasteiger partial charge in [0, 0.05) is 42.5 Å². The molecule has 0 bridgehead atoms. The Labute approximate surface area is 218 Å². The predicted molar refractivity (Wildman–Crippen MR) is 144 cm³/mol. The van der Waals surface area contributed by atoms with E-state index < -0.39 is 11.6 Å². The Morgan fingerprint density at radius 2 is 1.89 bits per heavy atom. The number of nitrogens with one attached hydrogen (secondary N) is 2. The number of rotatable bonds is 4. The van der Waals surface area contributed by atoms with Crippen molar-refractivity contribution >= 4 is 28.4 Å². The van der Waals surface area contributed by atoms with Crippen LogP contribution in [0.4, 0.5) is 26.2 Å². The van der Waals surface area contributed by atoms with Gasteiger partial charge < -0.3 is 20.1 Å². The molecule has 0 unspecified atom stereocenters. The van der Waals surface area contributed by atoms with Crippen LogP contribution in [-0.4, -0.2) is 45.7 Å². The number of fused-ring (bicyclic) bond motifs is 3. The minimum Gasteiger partial charge on any atom is -0.369 e. The quantitative estimate of drug-likeness (QED) is 0.416. The van der Waals surface area contributed by atoms with Crippen molar-refractivity contribution in [3.05, 3.63) is 70.3 Å². The van der Waals surface area contributed by atoms with Crippen LogP contribution >= 0.6 is 0 Å². The fourth-order valence-corrected chi connectivity index (χ4v) is 5.53. The minimum absolute atomic E-state index is 0.00441. The van der Waals surface area contributed by atoms with Gasteiger partial charge in [-0.15, -0.1) is 0 Å². The molecule has 2 aliphatic heterocycles. The van der Waals surface area contributed by atoms with Crippen LogP contribution in [0.3, 0.4) is 0 Å². The van der Waals surface area contributed by atoms with Gasteiger partial charge in [-0.2, -0.15) is 0 Å². The van der Waals surface area contributed by atoms with E-state index in [4.69, 9.17) is 0 Å². The molecule has 5 heterocycles. The second-order valence-corrected chi connectivity index (χ2v) is 10.5. The Kier molecular flexibility index (Phi) is 6.06. The summed E-state index contributed by atoms with van der Waals surface area (Å²) in [6.07, 6.45) is 5.46. The van der Waals surface area contributed by atoms with Crippen molar-refractivity contribution in [2.24, 2.45) is 0 Å². The molecule has 0 atom stereocenters. The highest BCUT2D eigenvalue weighted by atomic mass is 19.1. The summed E-state index contributed by atoms with van der Waals surface area (Å²) in [6.45, 7) is 7.90. The summed E-state index contributed by atoms with van der Waals surface area (Å²) in [5, 5.41) is 6.41. The monoisotopic (exact) mass is 517 g/mol. The van der Waals surface area contributed by atoms with Crippen molar-refractivity contribution < 1.29 is 8.78 Å². The Hall–Kier alpha value is -3.92. The number of benzene rings is 1. The zero-order chi connectivity index (χ0) is 26.4. The first-order valence-electron chi connectivity index (χ1n) is 12.9. The van der Waals surface area contributed by atoms with Crippen molar-refractivity contribution in [1.29, 1.82) is 0 Å². The molecule has 10 heteroatoms. The Morgan fingerprint density at radius 1 is 1.03 bits per heavy atom. The average molecular weight is 518 g/mol. The maximum Gasteiger partial charge on any atom is 0.229 e. The molecular weight excluding hydrogens is 488 g/mol. The molecule has 1 fully saturated rings. The van der Waals surface area contributed by atoms with Crippen molar-refractivity contribution in [3.8, 4) is 11.3 Å². The highest BCUT2D eigenvalue weighted by molar-refractivity contribution is 5.85. The normalized spacial score (nSPS) is 16.9. The van der Waals surface area contributed by atoms with Crippen LogP contribution in [0.2, 0.25) is 0 Å². The van der Waals surface area contributed by atoms with Crippen LogP contribution in [0.15, 0.2) is 47.5 Å². The molecular formula is C28H29F2N7O. The molecule has 0 aliphatic carbocycles. The van der Waals surface area contributed by atoms with Crippen LogP contribution < -0.4 is 21.0 Å². The van der Waals surface area contributed by atoms with Gasteiger partial charge in [-0.05, 0) is 63.9 Å². The smallest absolute Gasteiger partial charge is 0.229 e. The van der Waals surface area contributed by atoms with Crippen molar-refractivity contribution in [1.82, 2.24) is 24.8 Å². The first-order chi connectivity index (χ1) is 18.3. The first-order valence-corrected chi connectivity index (χ1v) is 12.9. The number of aromatic nitrogens is 4. The SMILES string of the molecule is CC1(C)CCc2cc(=O)c3c(F)cc(-c4nc(Nc5ccc(N6CCCNCC6)cn5)ncc4F)cc3n21. The Bertz CT molecular complexity index is 1580. The van der Waals surface area contributed by atoms with E-state index in [-0.39, 0.29) is 33.6 Å². The van der Waals surface area contributed by atoms with E-state index >= 15 is 4.39 Å². The molecule has 0 amide bonds. The number of hydrogen-bond donors (Lipinski definition) is 2. The van der Waals surface area contributed by atoms with Crippen molar-refractivity contribution in [2.45, 2.75) is 38.6 Å². The molecule has 6 rings (SSSR count). The average Bonchev–Trinajstić information content (AvgIpc) is 3.05. The largest absolute Gasteiger partial charge is 0.369 e. The summed E-state index contributed by atoms with van der Waals surface area (Å²) >= 11 is 0. The predicted octanol–water partition coefficient (Wildman–Crippen LogP) is 4.36. The topological polar surface area (TPSA) is 88.0 Å². The summed E-state index contributed by atoms with van der Waals surface area (Å²) in [5.74, 6) is -0.743. The summed E-state index contributed by atoms with van der Waals surface area (Å²) in [4.78, 5) is 27.9. The molecule has 4 aromatic rings. The third-order valence-electron chi connectivity index (χ3n) is 7.45. The Balaban J connectivity index is 1.34. The van der Waals surface area contributed by atoms with E-state index in [1.165, 1.54) is 6.07 Å². The van der Waals surface area contributed by atoms with Gasteiger partial charge in [0.15, 0.2) is 11.2 Å². The number of pyridine rings is 2. The lowest BCUT2D eigenvalue weighted by atomic mass is 10.0. The summed E-state index contributed by atoms with van der Waals surface area (Å²) in [5.41, 5.74) is 1.82. The number of nitrogens with zero attached hydrogens (tertiary/aromatic N) is 5. The first kappa shape index (κ1) is 24.4. The molecule has 38 heavy (non-hydrogen) atoms. The third-order valence-corrected chi connectivity index (χ3v) is 7.45. The summed E-state index contributed by atoms with van der Waals surface area (Å²) in [7, 11) is 0. The van der Waals surface area contributed by atoms with Gasteiger partial charge >= 0.3 is 0 Å². The summed E-state index contributed by atoms with van der Waals surface area (Å²) in [6, 6.07) is 8.12. The molecule has 2 N–H and O–H groups in total. The lowest BCUT2D eigenvalue weighted by Crippen LogP contribution is -2.27. The second kappa shape index (κ2) is 9.43. The van der Waals surface area contributed by atoms with Crippen molar-refractivity contribution in [3.63, 3.8) is 0 Å². The van der Waals surface area contributed by atoms with E-state index in [9.17, 15) is 9.18 Å². The maximum absolute atomic E-state index is 15.3. The van der Waals surface area contributed by atoms with Gasteiger partial charge in [-0.1, -0.05) is 0 Å². The van der Waals surface area contributed by atoms with Crippen LogP contribution in [-0.2, 0) is 12.0 Å². The zero-order valence-corrected chi connectivity index (χ0v) is 21.4. The van der Waals surface area contributed by atoms with Gasteiger partial charge in [0.25, 0.3) is 0 Å².